The molecule has 0 saturated carbocycles. The zero-order valence-electron chi connectivity index (χ0n) is 17.4. The third kappa shape index (κ3) is 3.37. The van der Waals surface area contributed by atoms with Crippen molar-refractivity contribution >= 4 is 17.5 Å². The first-order chi connectivity index (χ1) is 15.6. The van der Waals surface area contributed by atoms with Crippen LogP contribution in [0.2, 0.25) is 0 Å². The first-order valence-corrected chi connectivity index (χ1v) is 10.7. The van der Waals surface area contributed by atoms with Gasteiger partial charge >= 0.3 is 0 Å². The minimum absolute atomic E-state index is 0.0486. The van der Waals surface area contributed by atoms with Gasteiger partial charge in [0.05, 0.1) is 25.1 Å². The zero-order chi connectivity index (χ0) is 22.2. The molecule has 0 spiro atoms. The summed E-state index contributed by atoms with van der Waals surface area (Å²) in [6.07, 6.45) is 0.236. The molecule has 32 heavy (non-hydrogen) atoms. The number of fused-ring (bicyclic) bond motifs is 3. The van der Waals surface area contributed by atoms with E-state index in [1.807, 2.05) is 54.6 Å². The van der Waals surface area contributed by atoms with Gasteiger partial charge in [0.2, 0.25) is 5.91 Å². The lowest BCUT2D eigenvalue weighted by Crippen LogP contribution is -2.71. The quantitative estimate of drug-likeness (QED) is 0.690. The van der Waals surface area contributed by atoms with Gasteiger partial charge < -0.3 is 14.9 Å². The van der Waals surface area contributed by atoms with Gasteiger partial charge in [0, 0.05) is 23.7 Å². The van der Waals surface area contributed by atoms with Crippen molar-refractivity contribution < 1.29 is 19.1 Å². The lowest BCUT2D eigenvalue weighted by molar-refractivity contribution is -0.149. The number of rotatable bonds is 4. The summed E-state index contributed by atoms with van der Waals surface area (Å²) < 4.78 is 13.8. The number of benzene rings is 3. The zero-order valence-corrected chi connectivity index (χ0v) is 17.4. The average molecular weight is 430 g/mol. The SMILES string of the molecule is O=C(c1cccc(F)c1)N1C[C@H]2[C@@H](c3ccccc31)[C@@H](CO)N2C(=O)Cc1ccccc1. The highest BCUT2D eigenvalue weighted by Crippen LogP contribution is 2.48. The fraction of sp³-hybridized carbons (Fsp3) is 0.231. The predicted octanol–water partition coefficient (Wildman–Crippen LogP) is 3.38. The van der Waals surface area contributed by atoms with Crippen molar-refractivity contribution in [3.05, 3.63) is 101 Å². The Kier molecular flexibility index (Phi) is 5.23. The molecule has 2 aliphatic heterocycles. The summed E-state index contributed by atoms with van der Waals surface area (Å²) in [5.41, 5.74) is 2.84. The summed E-state index contributed by atoms with van der Waals surface area (Å²) in [4.78, 5) is 29.8. The third-order valence-corrected chi connectivity index (χ3v) is 6.49. The average Bonchev–Trinajstić information content (AvgIpc) is 2.79. The third-order valence-electron chi connectivity index (χ3n) is 6.49. The maximum absolute atomic E-state index is 13.8. The molecule has 2 amide bonds. The number of carbonyl (C=O) groups is 2. The van der Waals surface area contributed by atoms with Gasteiger partial charge in [0.25, 0.3) is 5.91 Å². The number of likely N-dealkylation sites (tertiary alicyclic amines) is 1. The molecule has 2 heterocycles. The number of halogens is 1. The van der Waals surface area contributed by atoms with E-state index in [1.165, 1.54) is 18.2 Å². The Morgan fingerprint density at radius 1 is 0.969 bits per heavy atom. The fourth-order valence-corrected chi connectivity index (χ4v) is 5.07. The monoisotopic (exact) mass is 430 g/mol. The van der Waals surface area contributed by atoms with Crippen LogP contribution in [-0.2, 0) is 11.2 Å². The van der Waals surface area contributed by atoms with Gasteiger partial charge in [0.15, 0.2) is 0 Å². The number of hydrogen-bond acceptors (Lipinski definition) is 3. The molecule has 6 heteroatoms. The van der Waals surface area contributed by atoms with E-state index in [9.17, 15) is 19.1 Å². The summed E-state index contributed by atoms with van der Waals surface area (Å²) in [5.74, 6) is -0.900. The predicted molar refractivity (Wildman–Crippen MR) is 119 cm³/mol. The van der Waals surface area contributed by atoms with Gasteiger partial charge in [-0.15, -0.1) is 0 Å². The van der Waals surface area contributed by atoms with Crippen LogP contribution in [0.1, 0.15) is 27.4 Å². The van der Waals surface area contributed by atoms with E-state index in [0.717, 1.165) is 16.8 Å². The molecule has 0 bridgehead atoms. The Morgan fingerprint density at radius 2 is 1.72 bits per heavy atom. The molecular formula is C26H23FN2O3. The number of para-hydroxylation sites is 1. The molecule has 0 unspecified atom stereocenters. The number of carbonyl (C=O) groups excluding carboxylic acids is 2. The van der Waals surface area contributed by atoms with Crippen molar-refractivity contribution in [1.82, 2.24) is 4.90 Å². The van der Waals surface area contributed by atoms with E-state index in [-0.39, 0.29) is 48.4 Å². The van der Waals surface area contributed by atoms with Gasteiger partial charge in [0.1, 0.15) is 5.82 Å². The molecular weight excluding hydrogens is 407 g/mol. The molecule has 1 N–H and O–H groups in total. The molecule has 0 radical (unpaired) electrons. The van der Waals surface area contributed by atoms with E-state index in [0.29, 0.717) is 6.54 Å². The number of aliphatic hydroxyl groups excluding tert-OH is 1. The van der Waals surface area contributed by atoms with Crippen molar-refractivity contribution in [2.24, 2.45) is 0 Å². The van der Waals surface area contributed by atoms with E-state index in [4.69, 9.17) is 0 Å². The summed E-state index contributed by atoms with van der Waals surface area (Å²) in [6.45, 7) is 0.155. The molecule has 3 aromatic carbocycles. The topological polar surface area (TPSA) is 60.9 Å². The maximum Gasteiger partial charge on any atom is 0.258 e. The molecule has 2 aliphatic rings. The van der Waals surface area contributed by atoms with Crippen LogP contribution in [0, 0.1) is 5.82 Å². The van der Waals surface area contributed by atoms with Crippen LogP contribution in [0.15, 0.2) is 78.9 Å². The van der Waals surface area contributed by atoms with Crippen molar-refractivity contribution in [3.63, 3.8) is 0 Å². The van der Waals surface area contributed by atoms with Crippen LogP contribution < -0.4 is 4.90 Å². The van der Waals surface area contributed by atoms with Gasteiger partial charge in [-0.25, -0.2) is 4.39 Å². The molecule has 3 atom stereocenters. The van der Waals surface area contributed by atoms with Gasteiger partial charge in [-0.05, 0) is 35.4 Å². The fourth-order valence-electron chi connectivity index (χ4n) is 5.07. The van der Waals surface area contributed by atoms with Crippen LogP contribution in [-0.4, -0.2) is 47.1 Å². The first-order valence-electron chi connectivity index (χ1n) is 10.7. The van der Waals surface area contributed by atoms with Gasteiger partial charge in [-0.1, -0.05) is 54.6 Å². The van der Waals surface area contributed by atoms with Crippen LogP contribution in [0.5, 0.6) is 0 Å². The van der Waals surface area contributed by atoms with Crippen molar-refractivity contribution in [1.29, 1.82) is 0 Å². The standard InChI is InChI=1S/C26H23FN2O3/c27-19-10-6-9-18(14-19)26(32)28-15-22-25(20-11-4-5-12-21(20)28)23(16-30)29(22)24(31)13-17-7-2-1-3-8-17/h1-12,14,22-23,25,30H,13,15-16H2/t22-,23+,25+/m0/s1. The molecule has 5 nitrogen and oxygen atoms in total. The normalized spacial score (nSPS) is 21.4. The van der Waals surface area contributed by atoms with Crippen LogP contribution >= 0.6 is 0 Å². The molecule has 3 aromatic rings. The molecule has 5 rings (SSSR count). The van der Waals surface area contributed by atoms with E-state index < -0.39 is 5.82 Å². The van der Waals surface area contributed by atoms with Crippen molar-refractivity contribution in [2.75, 3.05) is 18.1 Å². The molecule has 1 fully saturated rings. The van der Waals surface area contributed by atoms with Crippen molar-refractivity contribution in [2.45, 2.75) is 24.4 Å². The Labute approximate surface area is 185 Å². The Balaban J connectivity index is 1.48. The second-order valence-electron chi connectivity index (χ2n) is 8.29. The lowest BCUT2D eigenvalue weighted by atomic mass is 9.71. The Morgan fingerprint density at radius 3 is 2.47 bits per heavy atom. The van der Waals surface area contributed by atoms with Crippen LogP contribution in [0.3, 0.4) is 0 Å². The summed E-state index contributed by atoms with van der Waals surface area (Å²) >= 11 is 0. The van der Waals surface area contributed by atoms with E-state index >= 15 is 0 Å². The Bertz CT molecular complexity index is 1170. The summed E-state index contributed by atoms with van der Waals surface area (Å²) in [7, 11) is 0. The highest BCUT2D eigenvalue weighted by Gasteiger charge is 2.55. The number of anilines is 1. The van der Waals surface area contributed by atoms with Crippen molar-refractivity contribution in [3.8, 4) is 0 Å². The Hall–Kier alpha value is -3.51. The minimum atomic E-state index is -0.470. The second kappa shape index (κ2) is 8.20. The maximum atomic E-state index is 13.8. The lowest BCUT2D eigenvalue weighted by Gasteiger charge is -2.59. The second-order valence-corrected chi connectivity index (χ2v) is 8.29. The minimum Gasteiger partial charge on any atom is -0.394 e. The number of aliphatic hydroxyl groups is 1. The summed E-state index contributed by atoms with van der Waals surface area (Å²) in [5, 5.41) is 10.1. The van der Waals surface area contributed by atoms with Gasteiger partial charge in [-0.3, -0.25) is 9.59 Å². The molecule has 162 valence electrons. The van der Waals surface area contributed by atoms with Crippen LogP contribution in [0.25, 0.3) is 0 Å². The van der Waals surface area contributed by atoms with Gasteiger partial charge in [-0.2, -0.15) is 0 Å². The highest BCUT2D eigenvalue weighted by atomic mass is 19.1. The number of nitrogens with zero attached hydrogens (tertiary/aromatic N) is 2. The first kappa shape index (κ1) is 20.4. The number of hydrogen-bond donors (Lipinski definition) is 1. The largest absolute Gasteiger partial charge is 0.394 e. The smallest absolute Gasteiger partial charge is 0.258 e. The van der Waals surface area contributed by atoms with Crippen LogP contribution in [0.4, 0.5) is 10.1 Å². The molecule has 0 aliphatic carbocycles. The van der Waals surface area contributed by atoms with E-state index in [1.54, 1.807) is 15.9 Å². The van der Waals surface area contributed by atoms with E-state index in [2.05, 4.69) is 0 Å². The number of amides is 2. The molecule has 1 saturated heterocycles. The highest BCUT2D eigenvalue weighted by molar-refractivity contribution is 6.07. The summed E-state index contributed by atoms with van der Waals surface area (Å²) in [6, 6.07) is 22.1. The molecule has 0 aromatic heterocycles.